The zero-order valence-electron chi connectivity index (χ0n) is 10.1. The number of benzene rings is 2. The van der Waals surface area contributed by atoms with Gasteiger partial charge < -0.3 is 0 Å². The van der Waals surface area contributed by atoms with Crippen LogP contribution in [-0.4, -0.2) is 18.4 Å². The Morgan fingerprint density at radius 3 is 2.26 bits per heavy atom. The molecule has 19 heavy (non-hydrogen) atoms. The number of nitrogens with zero attached hydrogens (tertiary/aromatic N) is 1. The Kier molecular flexibility index (Phi) is 4.18. The number of amides is 1. The molecule has 0 aliphatic carbocycles. The van der Waals surface area contributed by atoms with Crippen molar-refractivity contribution >= 4 is 18.4 Å². The summed E-state index contributed by atoms with van der Waals surface area (Å²) >= 11 is 0. The predicted octanol–water partition coefficient (Wildman–Crippen LogP) is 2.26. The van der Waals surface area contributed by atoms with Crippen LogP contribution in [0.1, 0.15) is 26.3 Å². The Morgan fingerprint density at radius 2 is 1.58 bits per heavy atom. The van der Waals surface area contributed by atoms with Crippen LogP contribution >= 0.6 is 0 Å². The third kappa shape index (κ3) is 3.35. The maximum Gasteiger partial charge on any atom is 0.271 e. The Labute approximate surface area is 110 Å². The van der Waals surface area contributed by atoms with Crippen LogP contribution in [0.4, 0.5) is 0 Å². The zero-order chi connectivity index (χ0) is 13.5. The molecule has 4 heteroatoms. The molecule has 0 heterocycles. The van der Waals surface area contributed by atoms with Gasteiger partial charge in [-0.3, -0.25) is 9.59 Å². The summed E-state index contributed by atoms with van der Waals surface area (Å²) in [5.74, 6) is -0.291. The van der Waals surface area contributed by atoms with Crippen molar-refractivity contribution < 1.29 is 9.59 Å². The summed E-state index contributed by atoms with van der Waals surface area (Å²) in [6, 6.07) is 15.8. The highest BCUT2D eigenvalue weighted by Crippen LogP contribution is 2.03. The van der Waals surface area contributed by atoms with E-state index in [1.807, 2.05) is 6.07 Å². The van der Waals surface area contributed by atoms with Crippen molar-refractivity contribution in [2.45, 2.75) is 0 Å². The molecule has 0 atom stereocenters. The third-order valence-corrected chi connectivity index (χ3v) is 2.53. The minimum atomic E-state index is -0.291. The standard InChI is InChI=1S/C15H12N2O2/c18-11-14-9-5-4-8-13(14)10-16-17-15(19)12-6-2-1-3-7-12/h1-11H,(H,17,19)/b16-10-. The molecule has 0 unspecified atom stereocenters. The predicted molar refractivity (Wildman–Crippen MR) is 73.3 cm³/mol. The Bertz CT molecular complexity index is 607. The van der Waals surface area contributed by atoms with Crippen LogP contribution in [0, 0.1) is 0 Å². The smallest absolute Gasteiger partial charge is 0.271 e. The van der Waals surface area contributed by atoms with Crippen LogP contribution in [-0.2, 0) is 0 Å². The van der Waals surface area contributed by atoms with E-state index < -0.39 is 0 Å². The van der Waals surface area contributed by atoms with Gasteiger partial charge in [-0.1, -0.05) is 42.5 Å². The van der Waals surface area contributed by atoms with Crippen LogP contribution < -0.4 is 5.43 Å². The van der Waals surface area contributed by atoms with E-state index in [-0.39, 0.29) is 5.91 Å². The number of carbonyl (C=O) groups excluding carboxylic acids is 2. The Morgan fingerprint density at radius 1 is 0.947 bits per heavy atom. The molecule has 0 aliphatic rings. The largest absolute Gasteiger partial charge is 0.298 e. The summed E-state index contributed by atoms with van der Waals surface area (Å²) < 4.78 is 0. The van der Waals surface area contributed by atoms with Crippen LogP contribution in [0.3, 0.4) is 0 Å². The van der Waals surface area contributed by atoms with Gasteiger partial charge in [-0.15, -0.1) is 0 Å². The van der Waals surface area contributed by atoms with Crippen LogP contribution in [0.5, 0.6) is 0 Å². The molecule has 0 saturated heterocycles. The number of carbonyl (C=O) groups is 2. The molecule has 0 bridgehead atoms. The van der Waals surface area contributed by atoms with Gasteiger partial charge in [0.05, 0.1) is 6.21 Å². The van der Waals surface area contributed by atoms with Crippen molar-refractivity contribution in [2.75, 3.05) is 0 Å². The first-order chi connectivity index (χ1) is 9.31. The van der Waals surface area contributed by atoms with Crippen molar-refractivity contribution in [3.8, 4) is 0 Å². The fourth-order valence-electron chi connectivity index (χ4n) is 1.55. The highest BCUT2D eigenvalue weighted by molar-refractivity contribution is 5.96. The summed E-state index contributed by atoms with van der Waals surface area (Å²) in [5, 5.41) is 3.84. The van der Waals surface area contributed by atoms with Crippen molar-refractivity contribution in [3.05, 3.63) is 71.3 Å². The summed E-state index contributed by atoms with van der Waals surface area (Å²) in [4.78, 5) is 22.5. The first-order valence-electron chi connectivity index (χ1n) is 5.74. The van der Waals surface area contributed by atoms with Crippen molar-refractivity contribution in [1.82, 2.24) is 5.43 Å². The summed E-state index contributed by atoms with van der Waals surface area (Å²) in [6.45, 7) is 0. The van der Waals surface area contributed by atoms with Gasteiger partial charge in [-0.25, -0.2) is 5.43 Å². The minimum absolute atomic E-state index is 0.291. The third-order valence-electron chi connectivity index (χ3n) is 2.53. The van der Waals surface area contributed by atoms with Gasteiger partial charge >= 0.3 is 0 Å². The lowest BCUT2D eigenvalue weighted by Crippen LogP contribution is -2.17. The number of nitrogens with one attached hydrogen (secondary N) is 1. The number of aldehydes is 1. The molecule has 0 aliphatic heterocycles. The van der Waals surface area contributed by atoms with E-state index in [4.69, 9.17) is 0 Å². The lowest BCUT2D eigenvalue weighted by Gasteiger charge is -2.00. The fraction of sp³-hybridized carbons (Fsp3) is 0. The van der Waals surface area contributed by atoms with E-state index >= 15 is 0 Å². The van der Waals surface area contributed by atoms with E-state index in [0.29, 0.717) is 16.7 Å². The second kappa shape index (κ2) is 6.26. The van der Waals surface area contributed by atoms with Gasteiger partial charge in [0.15, 0.2) is 6.29 Å². The monoisotopic (exact) mass is 252 g/mol. The van der Waals surface area contributed by atoms with Gasteiger partial charge in [0.25, 0.3) is 5.91 Å². The van der Waals surface area contributed by atoms with Gasteiger partial charge in [0.2, 0.25) is 0 Å². The molecule has 2 rings (SSSR count). The first kappa shape index (κ1) is 12.7. The fourth-order valence-corrected chi connectivity index (χ4v) is 1.55. The molecule has 1 amide bonds. The molecule has 1 N–H and O–H groups in total. The zero-order valence-corrected chi connectivity index (χ0v) is 10.1. The summed E-state index contributed by atoms with van der Waals surface area (Å²) in [5.41, 5.74) is 4.13. The molecule has 2 aromatic carbocycles. The van der Waals surface area contributed by atoms with Gasteiger partial charge in [-0.05, 0) is 12.1 Å². The van der Waals surface area contributed by atoms with E-state index in [2.05, 4.69) is 10.5 Å². The minimum Gasteiger partial charge on any atom is -0.298 e. The molecule has 4 nitrogen and oxygen atoms in total. The maximum atomic E-state index is 11.7. The number of hydrogen-bond donors (Lipinski definition) is 1. The summed E-state index contributed by atoms with van der Waals surface area (Å²) in [7, 11) is 0. The van der Waals surface area contributed by atoms with E-state index in [1.54, 1.807) is 48.5 Å². The molecule has 94 valence electrons. The molecular weight excluding hydrogens is 240 g/mol. The van der Waals surface area contributed by atoms with E-state index in [1.165, 1.54) is 6.21 Å². The van der Waals surface area contributed by atoms with Crippen LogP contribution in [0.15, 0.2) is 59.7 Å². The highest BCUT2D eigenvalue weighted by atomic mass is 16.2. The SMILES string of the molecule is O=Cc1ccccc1/C=N\NC(=O)c1ccccc1. The molecule has 0 radical (unpaired) electrons. The van der Waals surface area contributed by atoms with Gasteiger partial charge in [0.1, 0.15) is 0 Å². The van der Waals surface area contributed by atoms with E-state index in [9.17, 15) is 9.59 Å². The Balaban J connectivity index is 2.04. The summed E-state index contributed by atoms with van der Waals surface area (Å²) in [6.07, 6.45) is 2.20. The highest BCUT2D eigenvalue weighted by Gasteiger charge is 2.02. The van der Waals surface area contributed by atoms with Crippen molar-refractivity contribution in [1.29, 1.82) is 0 Å². The van der Waals surface area contributed by atoms with Crippen molar-refractivity contribution in [2.24, 2.45) is 5.10 Å². The molecule has 0 spiro atoms. The Hall–Kier alpha value is -2.75. The molecule has 0 saturated carbocycles. The van der Waals surface area contributed by atoms with E-state index in [0.717, 1.165) is 6.29 Å². The van der Waals surface area contributed by atoms with Crippen LogP contribution in [0.25, 0.3) is 0 Å². The lowest BCUT2D eigenvalue weighted by atomic mass is 10.1. The second-order valence-corrected chi connectivity index (χ2v) is 3.81. The quantitative estimate of drug-likeness (QED) is 0.515. The van der Waals surface area contributed by atoms with Gasteiger partial charge in [0, 0.05) is 16.7 Å². The molecular formula is C15H12N2O2. The molecule has 2 aromatic rings. The van der Waals surface area contributed by atoms with Gasteiger partial charge in [-0.2, -0.15) is 5.10 Å². The first-order valence-corrected chi connectivity index (χ1v) is 5.74. The number of hydrazone groups is 1. The molecule has 0 fully saturated rings. The molecule has 0 aromatic heterocycles. The average Bonchev–Trinajstić information content (AvgIpc) is 2.48. The topological polar surface area (TPSA) is 58.5 Å². The number of hydrogen-bond acceptors (Lipinski definition) is 3. The van der Waals surface area contributed by atoms with Crippen LogP contribution in [0.2, 0.25) is 0 Å². The number of rotatable bonds is 4. The lowest BCUT2D eigenvalue weighted by molar-refractivity contribution is 0.0955. The van der Waals surface area contributed by atoms with Crippen molar-refractivity contribution in [3.63, 3.8) is 0 Å². The average molecular weight is 252 g/mol. The normalized spacial score (nSPS) is 10.3. The second-order valence-electron chi connectivity index (χ2n) is 3.81. The maximum absolute atomic E-state index is 11.7.